The van der Waals surface area contributed by atoms with Crippen molar-refractivity contribution in [1.29, 1.82) is 0 Å². The summed E-state index contributed by atoms with van der Waals surface area (Å²) in [6, 6.07) is 17.7. The zero-order chi connectivity index (χ0) is 23.0. The van der Waals surface area contributed by atoms with Crippen LogP contribution in [0.15, 0.2) is 60.7 Å². The first-order chi connectivity index (χ1) is 14.8. The lowest BCUT2D eigenvalue weighted by atomic mass is 10.0. The van der Waals surface area contributed by atoms with Gasteiger partial charge < -0.3 is 14.2 Å². The van der Waals surface area contributed by atoms with Crippen LogP contribution in [0.2, 0.25) is 10.0 Å². The van der Waals surface area contributed by atoms with Gasteiger partial charge in [-0.25, -0.2) is 9.59 Å². The normalized spacial score (nSPS) is 9.87. The zero-order valence-electron chi connectivity index (χ0n) is 16.9. The minimum atomic E-state index is -0.400. The average molecular weight is 573 g/mol. The van der Waals surface area contributed by atoms with Crippen molar-refractivity contribution >= 4 is 57.7 Å². The number of benzene rings is 3. The number of ether oxygens (including phenoxy) is 3. The van der Waals surface area contributed by atoms with Gasteiger partial charge in [-0.1, -0.05) is 41.4 Å². The molecule has 0 radical (unpaired) electrons. The van der Waals surface area contributed by atoms with E-state index in [1.807, 2.05) is 24.3 Å². The topological polar surface area (TPSA) is 61.8 Å². The van der Waals surface area contributed by atoms with Crippen molar-refractivity contribution < 1.29 is 23.8 Å². The Morgan fingerprint density at radius 1 is 0.742 bits per heavy atom. The molecule has 5 nitrogen and oxygen atoms in total. The van der Waals surface area contributed by atoms with Crippen LogP contribution in [-0.2, 0) is 9.47 Å². The zero-order valence-corrected chi connectivity index (χ0v) is 20.6. The van der Waals surface area contributed by atoms with Gasteiger partial charge in [-0.3, -0.25) is 0 Å². The Bertz CT molecular complexity index is 1070. The molecule has 0 aliphatic carbocycles. The van der Waals surface area contributed by atoms with Crippen LogP contribution in [0.1, 0.15) is 20.7 Å². The summed E-state index contributed by atoms with van der Waals surface area (Å²) >= 11 is 14.1. The highest BCUT2D eigenvalue weighted by Gasteiger charge is 2.10. The van der Waals surface area contributed by atoms with E-state index in [1.165, 1.54) is 14.2 Å². The molecule has 31 heavy (non-hydrogen) atoms. The van der Waals surface area contributed by atoms with Crippen LogP contribution in [0.3, 0.4) is 0 Å². The molecule has 3 aromatic rings. The molecule has 0 spiro atoms. The third-order valence-electron chi connectivity index (χ3n) is 4.13. The van der Waals surface area contributed by atoms with E-state index >= 15 is 0 Å². The lowest BCUT2D eigenvalue weighted by Crippen LogP contribution is -2.00. The molecule has 0 saturated carbocycles. The fourth-order valence-electron chi connectivity index (χ4n) is 2.51. The summed E-state index contributed by atoms with van der Waals surface area (Å²) < 4.78 is 15.2. The summed E-state index contributed by atoms with van der Waals surface area (Å²) in [6.07, 6.45) is 0. The van der Waals surface area contributed by atoms with Crippen LogP contribution in [0, 0.1) is 3.57 Å². The van der Waals surface area contributed by atoms with Crippen molar-refractivity contribution in [3.8, 4) is 16.9 Å². The van der Waals surface area contributed by atoms with Gasteiger partial charge in [-0.05, 0) is 70.6 Å². The monoisotopic (exact) mass is 572 g/mol. The van der Waals surface area contributed by atoms with Crippen LogP contribution in [0.25, 0.3) is 11.1 Å². The maximum Gasteiger partial charge on any atom is 0.337 e. The molecular weight excluding hydrogens is 554 g/mol. The first-order valence-electron chi connectivity index (χ1n) is 8.86. The van der Waals surface area contributed by atoms with Gasteiger partial charge in [0.15, 0.2) is 0 Å². The van der Waals surface area contributed by atoms with Gasteiger partial charge in [0, 0.05) is 14.2 Å². The fourth-order valence-corrected chi connectivity index (χ4v) is 3.31. The van der Waals surface area contributed by atoms with Crippen LogP contribution >= 0.6 is 45.8 Å². The van der Waals surface area contributed by atoms with E-state index in [9.17, 15) is 9.59 Å². The third kappa shape index (κ3) is 6.85. The second-order valence-corrected chi connectivity index (χ2v) is 8.01. The summed E-state index contributed by atoms with van der Waals surface area (Å²) in [4.78, 5) is 22.4. The van der Waals surface area contributed by atoms with Crippen LogP contribution < -0.4 is 4.74 Å². The molecule has 3 rings (SSSR count). The van der Waals surface area contributed by atoms with E-state index in [0.717, 1.165) is 20.4 Å². The lowest BCUT2D eigenvalue weighted by molar-refractivity contribution is 0.0592. The van der Waals surface area contributed by atoms with E-state index in [-0.39, 0.29) is 5.97 Å². The standard InChI is InChI=1S/C15H13ClO3.C8H6ClIO2/c1-18-12-6-3-10(4-7-12)13-8-5-11(9-14(13)16)15(17)19-2;1-12-8(11)5-2-3-7(10)6(9)4-5/h3-9H,1-2H3;2-4H,1H3. The molecule has 0 N–H and O–H groups in total. The quantitative estimate of drug-likeness (QED) is 0.263. The highest BCUT2D eigenvalue weighted by atomic mass is 127. The minimum Gasteiger partial charge on any atom is -0.497 e. The van der Waals surface area contributed by atoms with Crippen molar-refractivity contribution in [3.63, 3.8) is 0 Å². The van der Waals surface area contributed by atoms with E-state index in [1.54, 1.807) is 43.5 Å². The Morgan fingerprint density at radius 2 is 1.26 bits per heavy atom. The van der Waals surface area contributed by atoms with Gasteiger partial charge in [-0.2, -0.15) is 0 Å². The molecule has 0 unspecified atom stereocenters. The van der Waals surface area contributed by atoms with Crippen molar-refractivity contribution in [2.45, 2.75) is 0 Å². The molecular formula is C23H19Cl2IO5. The predicted molar refractivity (Wildman–Crippen MR) is 130 cm³/mol. The summed E-state index contributed by atoms with van der Waals surface area (Å²) in [5, 5.41) is 1.08. The predicted octanol–water partition coefficient (Wildman–Crippen LogP) is 6.53. The van der Waals surface area contributed by atoms with Gasteiger partial charge in [0.1, 0.15) is 5.75 Å². The van der Waals surface area contributed by atoms with Crippen LogP contribution in [0.4, 0.5) is 0 Å². The van der Waals surface area contributed by atoms with Crippen molar-refractivity contribution in [2.75, 3.05) is 21.3 Å². The number of halogens is 3. The Balaban J connectivity index is 0.000000245. The van der Waals surface area contributed by atoms with Crippen molar-refractivity contribution in [3.05, 3.63) is 85.4 Å². The van der Waals surface area contributed by atoms with Gasteiger partial charge in [0.2, 0.25) is 0 Å². The second kappa shape index (κ2) is 11.9. The third-order valence-corrected chi connectivity index (χ3v) is 6.02. The molecule has 0 amide bonds. The largest absolute Gasteiger partial charge is 0.497 e. The molecule has 0 atom stereocenters. The maximum absolute atomic E-state index is 11.4. The average Bonchev–Trinajstić information content (AvgIpc) is 2.80. The lowest BCUT2D eigenvalue weighted by Gasteiger charge is -2.07. The Morgan fingerprint density at radius 3 is 1.71 bits per heavy atom. The van der Waals surface area contributed by atoms with E-state index in [2.05, 4.69) is 32.1 Å². The Labute approximate surface area is 204 Å². The van der Waals surface area contributed by atoms with Gasteiger partial charge in [0.25, 0.3) is 0 Å². The summed E-state index contributed by atoms with van der Waals surface area (Å²) in [5.41, 5.74) is 2.73. The number of hydrogen-bond acceptors (Lipinski definition) is 5. The molecule has 0 fully saturated rings. The number of rotatable bonds is 4. The van der Waals surface area contributed by atoms with Gasteiger partial charge in [-0.15, -0.1) is 0 Å². The van der Waals surface area contributed by atoms with E-state index in [0.29, 0.717) is 21.2 Å². The molecule has 0 bridgehead atoms. The molecule has 0 aliphatic rings. The fraction of sp³-hybridized carbons (Fsp3) is 0.130. The number of esters is 2. The first-order valence-corrected chi connectivity index (χ1v) is 10.7. The number of carbonyl (C=O) groups excluding carboxylic acids is 2. The molecule has 8 heteroatoms. The number of hydrogen-bond donors (Lipinski definition) is 0. The highest BCUT2D eigenvalue weighted by molar-refractivity contribution is 14.1. The summed E-state index contributed by atoms with van der Waals surface area (Å²) in [5.74, 6) is 0.0162. The van der Waals surface area contributed by atoms with Gasteiger partial charge in [0.05, 0.1) is 37.5 Å². The molecule has 162 valence electrons. The Hall–Kier alpha value is -2.29. The van der Waals surface area contributed by atoms with E-state index in [4.69, 9.17) is 27.9 Å². The number of methoxy groups -OCH3 is 3. The van der Waals surface area contributed by atoms with E-state index < -0.39 is 5.97 Å². The SMILES string of the molecule is COC(=O)c1ccc(-c2ccc(OC)cc2)c(Cl)c1.COC(=O)c1ccc(I)c(Cl)c1. The molecule has 0 aliphatic heterocycles. The van der Waals surface area contributed by atoms with Crippen molar-refractivity contribution in [2.24, 2.45) is 0 Å². The molecule has 3 aromatic carbocycles. The van der Waals surface area contributed by atoms with Crippen LogP contribution in [0.5, 0.6) is 5.75 Å². The van der Waals surface area contributed by atoms with Crippen LogP contribution in [-0.4, -0.2) is 33.3 Å². The summed E-state index contributed by atoms with van der Waals surface area (Å²) in [7, 11) is 4.30. The summed E-state index contributed by atoms with van der Waals surface area (Å²) in [6.45, 7) is 0. The van der Waals surface area contributed by atoms with Gasteiger partial charge >= 0.3 is 11.9 Å². The molecule has 0 heterocycles. The second-order valence-electron chi connectivity index (χ2n) is 6.04. The molecule has 0 saturated heterocycles. The maximum atomic E-state index is 11.4. The minimum absolute atomic E-state index is 0.367. The molecule has 0 aromatic heterocycles. The van der Waals surface area contributed by atoms with Crippen molar-refractivity contribution in [1.82, 2.24) is 0 Å². The number of carbonyl (C=O) groups is 2. The highest BCUT2D eigenvalue weighted by Crippen LogP contribution is 2.30. The smallest absolute Gasteiger partial charge is 0.337 e. The first kappa shape index (κ1) is 25.0. The Kier molecular flexibility index (Phi) is 9.61.